The molecular weight excluding hydrogens is 266 g/mol. The topological polar surface area (TPSA) is 46.6 Å². The van der Waals surface area contributed by atoms with E-state index in [0.717, 1.165) is 24.2 Å². The van der Waals surface area contributed by atoms with Crippen molar-refractivity contribution < 1.29 is 14.3 Å². The first-order valence-electron chi connectivity index (χ1n) is 7.39. The maximum atomic E-state index is 12.5. The number of likely N-dealkylation sites (tertiary alicyclic amines) is 1. The number of hydrogen-bond donors (Lipinski definition) is 0. The van der Waals surface area contributed by atoms with Crippen LogP contribution in [0.2, 0.25) is 0 Å². The van der Waals surface area contributed by atoms with E-state index in [2.05, 4.69) is 0 Å². The lowest BCUT2D eigenvalue weighted by Crippen LogP contribution is -2.40. The van der Waals surface area contributed by atoms with Crippen molar-refractivity contribution in [2.24, 2.45) is 5.92 Å². The molecule has 113 valence electrons. The number of benzene rings is 1. The van der Waals surface area contributed by atoms with Crippen molar-refractivity contribution in [2.75, 3.05) is 20.2 Å². The quantitative estimate of drug-likeness (QED) is 0.783. The predicted octanol–water partition coefficient (Wildman–Crippen LogP) is 2.73. The van der Waals surface area contributed by atoms with Crippen LogP contribution in [-0.4, -0.2) is 36.8 Å². The number of amides is 1. The van der Waals surface area contributed by atoms with Crippen LogP contribution in [0.25, 0.3) is 0 Å². The number of ketones is 1. The van der Waals surface area contributed by atoms with Crippen molar-refractivity contribution in [3.05, 3.63) is 36.2 Å². The first-order chi connectivity index (χ1) is 10.2. The van der Waals surface area contributed by atoms with E-state index in [9.17, 15) is 9.59 Å². The number of nitrogens with zero attached hydrogens (tertiary/aromatic N) is 1. The Balaban J connectivity index is 1.92. The zero-order valence-corrected chi connectivity index (χ0v) is 12.7. The Morgan fingerprint density at radius 3 is 2.38 bits per heavy atom. The van der Waals surface area contributed by atoms with Crippen molar-refractivity contribution >= 4 is 11.7 Å². The molecule has 0 aliphatic carbocycles. The standard InChI is InChI=1S/C17H22NO3/c1-3-4-16(19)18-11-9-14(10-12-18)17(20)13-5-7-15(21-2)8-6-13/h3,5-8,14H,4,9-12H2,1-2H3. The number of carbonyl (C=O) groups is 2. The number of piperidine rings is 1. The maximum Gasteiger partial charge on any atom is 0.222 e. The molecule has 1 aromatic rings. The van der Waals surface area contributed by atoms with E-state index in [-0.39, 0.29) is 17.6 Å². The molecule has 4 heteroatoms. The summed E-state index contributed by atoms with van der Waals surface area (Å²) in [6.45, 7) is 3.25. The molecule has 1 saturated heterocycles. The number of rotatable bonds is 5. The lowest BCUT2D eigenvalue weighted by molar-refractivity contribution is -0.131. The van der Waals surface area contributed by atoms with Crippen molar-refractivity contribution in [1.82, 2.24) is 4.90 Å². The van der Waals surface area contributed by atoms with Crippen LogP contribution in [0, 0.1) is 12.3 Å². The fraction of sp³-hybridized carbons (Fsp3) is 0.471. The molecule has 0 N–H and O–H groups in total. The summed E-state index contributed by atoms with van der Waals surface area (Å²) in [6, 6.07) is 7.24. The second-order valence-corrected chi connectivity index (χ2v) is 5.36. The lowest BCUT2D eigenvalue weighted by Gasteiger charge is -2.31. The smallest absolute Gasteiger partial charge is 0.222 e. The minimum absolute atomic E-state index is 0.0213. The van der Waals surface area contributed by atoms with Gasteiger partial charge < -0.3 is 9.64 Å². The molecule has 1 amide bonds. The van der Waals surface area contributed by atoms with Crippen molar-refractivity contribution in [2.45, 2.75) is 26.2 Å². The van der Waals surface area contributed by atoms with Gasteiger partial charge in [0.05, 0.1) is 7.11 Å². The van der Waals surface area contributed by atoms with Gasteiger partial charge in [-0.15, -0.1) is 0 Å². The molecule has 0 aromatic heterocycles. The highest BCUT2D eigenvalue weighted by molar-refractivity contribution is 5.98. The highest BCUT2D eigenvalue weighted by Crippen LogP contribution is 2.23. The molecule has 1 aliphatic heterocycles. The Morgan fingerprint density at radius 2 is 1.86 bits per heavy atom. The molecule has 0 spiro atoms. The monoisotopic (exact) mass is 288 g/mol. The molecule has 4 nitrogen and oxygen atoms in total. The third kappa shape index (κ3) is 3.84. The fourth-order valence-electron chi connectivity index (χ4n) is 2.69. The fourth-order valence-corrected chi connectivity index (χ4v) is 2.69. The summed E-state index contributed by atoms with van der Waals surface area (Å²) in [5.41, 5.74) is 0.725. The third-order valence-electron chi connectivity index (χ3n) is 3.97. The molecular formula is C17H22NO3. The van der Waals surface area contributed by atoms with Gasteiger partial charge in [-0.05, 0) is 43.5 Å². The van der Waals surface area contributed by atoms with Crippen molar-refractivity contribution in [3.63, 3.8) is 0 Å². The molecule has 1 fully saturated rings. The number of Topliss-reactive ketones (excluding diaryl/α,β-unsaturated/α-hetero) is 1. The van der Waals surface area contributed by atoms with E-state index in [4.69, 9.17) is 4.74 Å². The summed E-state index contributed by atoms with van der Waals surface area (Å²) in [5, 5.41) is 0. The van der Waals surface area contributed by atoms with Crippen LogP contribution in [-0.2, 0) is 4.79 Å². The molecule has 0 saturated carbocycles. The van der Waals surface area contributed by atoms with E-state index >= 15 is 0 Å². The van der Waals surface area contributed by atoms with E-state index in [1.54, 1.807) is 7.11 Å². The van der Waals surface area contributed by atoms with E-state index < -0.39 is 0 Å². The highest BCUT2D eigenvalue weighted by atomic mass is 16.5. The Bertz CT molecular complexity index is 487. The van der Waals surface area contributed by atoms with E-state index in [1.807, 2.05) is 42.5 Å². The van der Waals surface area contributed by atoms with Crippen LogP contribution in [0.5, 0.6) is 5.75 Å². The van der Waals surface area contributed by atoms with Crippen molar-refractivity contribution in [3.8, 4) is 5.75 Å². The second kappa shape index (κ2) is 7.25. The van der Waals surface area contributed by atoms with Gasteiger partial charge in [-0.25, -0.2) is 0 Å². The molecule has 1 aliphatic rings. The van der Waals surface area contributed by atoms with Crippen LogP contribution < -0.4 is 4.74 Å². The largest absolute Gasteiger partial charge is 0.497 e. The van der Waals surface area contributed by atoms with Crippen LogP contribution >= 0.6 is 0 Å². The lowest BCUT2D eigenvalue weighted by atomic mass is 9.88. The van der Waals surface area contributed by atoms with Gasteiger partial charge in [0.15, 0.2) is 5.78 Å². The molecule has 0 unspecified atom stereocenters. The van der Waals surface area contributed by atoms with E-state index in [1.165, 1.54) is 0 Å². The molecule has 1 aromatic carbocycles. The summed E-state index contributed by atoms with van der Waals surface area (Å²) in [6.07, 6.45) is 3.86. The molecule has 0 atom stereocenters. The third-order valence-corrected chi connectivity index (χ3v) is 3.97. The molecule has 0 bridgehead atoms. The van der Waals surface area contributed by atoms with Gasteiger partial charge in [0, 0.05) is 31.0 Å². The normalized spacial score (nSPS) is 15.8. The average molecular weight is 288 g/mol. The van der Waals surface area contributed by atoms with Crippen LogP contribution in [0.1, 0.15) is 36.5 Å². The van der Waals surface area contributed by atoms with Crippen molar-refractivity contribution in [1.29, 1.82) is 0 Å². The van der Waals surface area contributed by atoms with Gasteiger partial charge >= 0.3 is 0 Å². The first-order valence-corrected chi connectivity index (χ1v) is 7.39. The summed E-state index contributed by atoms with van der Waals surface area (Å²) in [7, 11) is 1.61. The number of methoxy groups -OCH3 is 1. The van der Waals surface area contributed by atoms with Gasteiger partial charge in [-0.3, -0.25) is 9.59 Å². The summed E-state index contributed by atoms with van der Waals surface area (Å²) < 4.78 is 5.10. The molecule has 1 heterocycles. The molecule has 21 heavy (non-hydrogen) atoms. The van der Waals surface area contributed by atoms with Gasteiger partial charge in [0.25, 0.3) is 0 Å². The minimum Gasteiger partial charge on any atom is -0.497 e. The molecule has 1 radical (unpaired) electrons. The minimum atomic E-state index is 0.0213. The summed E-state index contributed by atoms with van der Waals surface area (Å²) in [5.74, 6) is 1.11. The Kier molecular flexibility index (Phi) is 5.37. The second-order valence-electron chi connectivity index (χ2n) is 5.36. The average Bonchev–Trinajstić information content (AvgIpc) is 2.54. The Hall–Kier alpha value is -1.84. The van der Waals surface area contributed by atoms with Gasteiger partial charge in [0.1, 0.15) is 5.75 Å². The Labute approximate surface area is 126 Å². The maximum absolute atomic E-state index is 12.5. The predicted molar refractivity (Wildman–Crippen MR) is 81.2 cm³/mol. The highest BCUT2D eigenvalue weighted by Gasteiger charge is 2.27. The SMILES string of the molecule is C[CH]CC(=O)N1CCC(C(=O)c2ccc(OC)cc2)CC1. The van der Waals surface area contributed by atoms with Gasteiger partial charge in [-0.2, -0.15) is 0 Å². The van der Waals surface area contributed by atoms with Gasteiger partial charge in [-0.1, -0.05) is 6.92 Å². The molecule has 2 rings (SSSR count). The van der Waals surface area contributed by atoms with Crippen LogP contribution in [0.4, 0.5) is 0 Å². The number of hydrogen-bond acceptors (Lipinski definition) is 3. The Morgan fingerprint density at radius 1 is 1.24 bits per heavy atom. The zero-order chi connectivity index (χ0) is 15.2. The van der Waals surface area contributed by atoms with Crippen LogP contribution in [0.3, 0.4) is 0 Å². The van der Waals surface area contributed by atoms with Crippen LogP contribution in [0.15, 0.2) is 24.3 Å². The van der Waals surface area contributed by atoms with E-state index in [0.29, 0.717) is 19.5 Å². The zero-order valence-electron chi connectivity index (χ0n) is 12.7. The summed E-state index contributed by atoms with van der Waals surface area (Å²) >= 11 is 0. The summed E-state index contributed by atoms with van der Waals surface area (Å²) in [4.78, 5) is 26.1. The van der Waals surface area contributed by atoms with Gasteiger partial charge in [0.2, 0.25) is 5.91 Å². The number of carbonyl (C=O) groups excluding carboxylic acids is 2. The first kappa shape index (κ1) is 15.5. The number of ether oxygens (including phenoxy) is 1.